The highest BCUT2D eigenvalue weighted by Crippen LogP contribution is 2.33. The lowest BCUT2D eigenvalue weighted by Gasteiger charge is -2.29. The number of para-hydroxylation sites is 1. The van der Waals surface area contributed by atoms with Crippen molar-refractivity contribution in [1.29, 1.82) is 0 Å². The maximum absolute atomic E-state index is 10.9. The number of hydrogen-bond acceptors (Lipinski definition) is 1. The molecular formula is C15H18N2O2. The summed E-state index contributed by atoms with van der Waals surface area (Å²) in [6.07, 6.45) is 3.24. The number of nitrogens with zero attached hydrogens (tertiary/aromatic N) is 2. The van der Waals surface area contributed by atoms with Crippen molar-refractivity contribution in [3.63, 3.8) is 0 Å². The lowest BCUT2D eigenvalue weighted by Crippen LogP contribution is -2.36. The molecule has 100 valence electrons. The van der Waals surface area contributed by atoms with E-state index in [2.05, 4.69) is 42.1 Å². The number of amides is 1. The normalized spacial score (nSPS) is 17.0. The summed E-state index contributed by atoms with van der Waals surface area (Å²) in [6, 6.07) is 8.41. The van der Waals surface area contributed by atoms with Gasteiger partial charge in [-0.3, -0.25) is 0 Å². The quantitative estimate of drug-likeness (QED) is 0.854. The van der Waals surface area contributed by atoms with E-state index in [9.17, 15) is 4.79 Å². The van der Waals surface area contributed by atoms with E-state index in [1.165, 1.54) is 21.4 Å². The van der Waals surface area contributed by atoms with Crippen molar-refractivity contribution in [3.8, 4) is 0 Å². The molecule has 0 aliphatic carbocycles. The number of aryl methyl sites for hydroxylation is 1. The number of hydrogen-bond donors (Lipinski definition) is 1. The average Bonchev–Trinajstić information content (AvgIpc) is 2.77. The summed E-state index contributed by atoms with van der Waals surface area (Å²) in [5.74, 6) is 0.474. The van der Waals surface area contributed by atoms with E-state index in [1.54, 1.807) is 0 Å². The third kappa shape index (κ3) is 2.07. The second kappa shape index (κ2) is 4.61. The molecule has 1 aliphatic rings. The number of fused-ring (bicyclic) bond motifs is 1. The number of aromatic nitrogens is 1. The highest BCUT2D eigenvalue weighted by molar-refractivity contribution is 5.84. The Kier molecular flexibility index (Phi) is 2.93. The van der Waals surface area contributed by atoms with Gasteiger partial charge in [0.05, 0.1) is 0 Å². The van der Waals surface area contributed by atoms with Crippen LogP contribution in [-0.4, -0.2) is 33.8 Å². The fraction of sp³-hybridized carbons (Fsp3) is 0.400. The molecule has 19 heavy (non-hydrogen) atoms. The highest BCUT2D eigenvalue weighted by atomic mass is 16.4. The maximum atomic E-state index is 10.9. The second-order valence-corrected chi connectivity index (χ2v) is 5.26. The Bertz CT molecular complexity index is 610. The van der Waals surface area contributed by atoms with Crippen LogP contribution in [0.1, 0.15) is 24.3 Å². The Balaban J connectivity index is 1.88. The molecule has 0 atom stereocenters. The molecule has 4 heteroatoms. The Hall–Kier alpha value is -1.97. The SMILES string of the molecule is Cn1cc(C2CCN(C(=O)O)CC2)c2ccccc21. The van der Waals surface area contributed by atoms with Crippen molar-refractivity contribution >= 4 is 17.0 Å². The minimum absolute atomic E-state index is 0.474. The summed E-state index contributed by atoms with van der Waals surface area (Å²) in [5, 5.41) is 10.3. The first-order chi connectivity index (χ1) is 9.16. The highest BCUT2D eigenvalue weighted by Gasteiger charge is 2.25. The van der Waals surface area contributed by atoms with Gasteiger partial charge < -0.3 is 14.6 Å². The summed E-state index contributed by atoms with van der Waals surface area (Å²) in [5.41, 5.74) is 2.61. The van der Waals surface area contributed by atoms with Gasteiger partial charge in [-0.2, -0.15) is 0 Å². The maximum Gasteiger partial charge on any atom is 0.407 e. The molecule has 3 rings (SSSR count). The minimum Gasteiger partial charge on any atom is -0.465 e. The van der Waals surface area contributed by atoms with Crippen molar-refractivity contribution in [2.45, 2.75) is 18.8 Å². The van der Waals surface area contributed by atoms with Crippen LogP contribution >= 0.6 is 0 Å². The van der Waals surface area contributed by atoms with Crippen LogP contribution in [0.15, 0.2) is 30.5 Å². The molecule has 1 fully saturated rings. The Morgan fingerprint density at radius 2 is 1.95 bits per heavy atom. The Morgan fingerprint density at radius 3 is 2.63 bits per heavy atom. The molecule has 1 N–H and O–H groups in total. The molecule has 1 amide bonds. The first-order valence-electron chi connectivity index (χ1n) is 6.68. The van der Waals surface area contributed by atoms with E-state index in [4.69, 9.17) is 5.11 Å². The summed E-state index contributed by atoms with van der Waals surface area (Å²) in [7, 11) is 2.07. The second-order valence-electron chi connectivity index (χ2n) is 5.26. The van der Waals surface area contributed by atoms with Crippen LogP contribution in [0.5, 0.6) is 0 Å². The van der Waals surface area contributed by atoms with Crippen LogP contribution < -0.4 is 0 Å². The monoisotopic (exact) mass is 258 g/mol. The lowest BCUT2D eigenvalue weighted by molar-refractivity contribution is 0.132. The van der Waals surface area contributed by atoms with E-state index >= 15 is 0 Å². The molecule has 4 nitrogen and oxygen atoms in total. The third-order valence-corrected chi connectivity index (χ3v) is 4.13. The molecule has 1 aliphatic heterocycles. The smallest absolute Gasteiger partial charge is 0.407 e. The van der Waals surface area contributed by atoms with Crippen molar-refractivity contribution in [2.24, 2.45) is 7.05 Å². The number of piperidine rings is 1. The molecule has 1 aromatic carbocycles. The standard InChI is InChI=1S/C15H18N2O2/c1-16-10-13(12-4-2-3-5-14(12)16)11-6-8-17(9-7-11)15(18)19/h2-5,10-11H,6-9H2,1H3,(H,18,19). The van der Waals surface area contributed by atoms with Gasteiger partial charge in [-0.25, -0.2) is 4.79 Å². The molecule has 0 saturated carbocycles. The van der Waals surface area contributed by atoms with Gasteiger partial charge in [0.2, 0.25) is 0 Å². The van der Waals surface area contributed by atoms with Gasteiger partial charge in [-0.05, 0) is 30.4 Å². The van der Waals surface area contributed by atoms with Gasteiger partial charge >= 0.3 is 6.09 Å². The predicted octanol–water partition coefficient (Wildman–Crippen LogP) is 3.04. The van der Waals surface area contributed by atoms with Crippen LogP contribution in [0.25, 0.3) is 10.9 Å². The van der Waals surface area contributed by atoms with Crippen LogP contribution in [0.2, 0.25) is 0 Å². The molecule has 2 aromatic rings. The fourth-order valence-electron chi connectivity index (χ4n) is 3.08. The summed E-state index contributed by atoms with van der Waals surface area (Å²) >= 11 is 0. The number of rotatable bonds is 1. The molecule has 0 bridgehead atoms. The Labute approximate surface area is 112 Å². The summed E-state index contributed by atoms with van der Waals surface area (Å²) in [6.45, 7) is 1.28. The molecular weight excluding hydrogens is 240 g/mol. The van der Waals surface area contributed by atoms with Gasteiger partial charge in [0.15, 0.2) is 0 Å². The first kappa shape index (κ1) is 12.1. The molecule has 1 saturated heterocycles. The topological polar surface area (TPSA) is 45.5 Å². The van der Waals surface area contributed by atoms with E-state index in [-0.39, 0.29) is 0 Å². The van der Waals surface area contributed by atoms with E-state index < -0.39 is 6.09 Å². The molecule has 0 unspecified atom stereocenters. The molecule has 0 spiro atoms. The zero-order valence-electron chi connectivity index (χ0n) is 11.0. The number of likely N-dealkylation sites (tertiary alicyclic amines) is 1. The van der Waals surface area contributed by atoms with Crippen molar-refractivity contribution in [2.75, 3.05) is 13.1 Å². The zero-order valence-corrected chi connectivity index (χ0v) is 11.0. The van der Waals surface area contributed by atoms with E-state index in [0.717, 1.165) is 12.8 Å². The van der Waals surface area contributed by atoms with E-state index in [1.807, 2.05) is 0 Å². The molecule has 1 aromatic heterocycles. The third-order valence-electron chi connectivity index (χ3n) is 4.13. The molecule has 0 radical (unpaired) electrons. The average molecular weight is 258 g/mol. The van der Waals surface area contributed by atoms with Gasteiger partial charge in [0.1, 0.15) is 0 Å². The largest absolute Gasteiger partial charge is 0.465 e. The first-order valence-corrected chi connectivity index (χ1v) is 6.68. The number of carboxylic acid groups (broad SMARTS) is 1. The van der Waals surface area contributed by atoms with E-state index in [0.29, 0.717) is 19.0 Å². The van der Waals surface area contributed by atoms with Crippen LogP contribution in [-0.2, 0) is 7.05 Å². The fourth-order valence-corrected chi connectivity index (χ4v) is 3.08. The van der Waals surface area contributed by atoms with Gasteiger partial charge in [-0.1, -0.05) is 18.2 Å². The zero-order chi connectivity index (χ0) is 13.4. The van der Waals surface area contributed by atoms with Crippen LogP contribution in [0.3, 0.4) is 0 Å². The van der Waals surface area contributed by atoms with Crippen LogP contribution in [0.4, 0.5) is 4.79 Å². The van der Waals surface area contributed by atoms with Gasteiger partial charge in [0.25, 0.3) is 0 Å². The molecule has 2 heterocycles. The Morgan fingerprint density at radius 1 is 1.26 bits per heavy atom. The van der Waals surface area contributed by atoms with Crippen molar-refractivity contribution in [3.05, 3.63) is 36.0 Å². The number of benzene rings is 1. The number of carbonyl (C=O) groups is 1. The predicted molar refractivity (Wildman–Crippen MR) is 74.5 cm³/mol. The van der Waals surface area contributed by atoms with Crippen molar-refractivity contribution < 1.29 is 9.90 Å². The lowest BCUT2D eigenvalue weighted by atomic mass is 9.89. The van der Waals surface area contributed by atoms with Gasteiger partial charge in [-0.15, -0.1) is 0 Å². The summed E-state index contributed by atoms with van der Waals surface area (Å²) < 4.78 is 2.16. The van der Waals surface area contributed by atoms with Crippen molar-refractivity contribution in [1.82, 2.24) is 9.47 Å². The summed E-state index contributed by atoms with van der Waals surface area (Å²) in [4.78, 5) is 12.5. The van der Waals surface area contributed by atoms with Crippen LogP contribution in [0, 0.1) is 0 Å². The van der Waals surface area contributed by atoms with Gasteiger partial charge in [0, 0.05) is 37.2 Å². The minimum atomic E-state index is -0.795.